The summed E-state index contributed by atoms with van der Waals surface area (Å²) in [4.78, 5) is 14.4. The first kappa shape index (κ1) is 19.2. The second-order valence-electron chi connectivity index (χ2n) is 5.65. The topological polar surface area (TPSA) is 72.3 Å². The van der Waals surface area contributed by atoms with E-state index in [0.29, 0.717) is 24.7 Å². The maximum atomic E-state index is 12.7. The van der Waals surface area contributed by atoms with Crippen LogP contribution in [0, 0.1) is 0 Å². The Kier molecular flexibility index (Phi) is 7.21. The van der Waals surface area contributed by atoms with E-state index in [9.17, 15) is 4.79 Å². The summed E-state index contributed by atoms with van der Waals surface area (Å²) in [5.74, 6) is 0.722. The smallest absolute Gasteiger partial charge is 0.318 e. The van der Waals surface area contributed by atoms with Crippen LogP contribution in [-0.4, -0.2) is 46.0 Å². The van der Waals surface area contributed by atoms with Gasteiger partial charge in [-0.1, -0.05) is 29.8 Å². The number of amides is 2. The highest BCUT2D eigenvalue weighted by Gasteiger charge is 2.20. The number of methoxy groups -OCH3 is 1. The van der Waals surface area contributed by atoms with Gasteiger partial charge in [0.1, 0.15) is 6.33 Å². The molecule has 0 bridgehead atoms. The molecule has 2 rings (SSSR count). The van der Waals surface area contributed by atoms with Crippen molar-refractivity contribution in [2.45, 2.75) is 33.0 Å². The van der Waals surface area contributed by atoms with Crippen molar-refractivity contribution in [3.63, 3.8) is 0 Å². The fourth-order valence-electron chi connectivity index (χ4n) is 2.47. The number of ether oxygens (including phenoxy) is 1. The number of halogens is 1. The predicted molar refractivity (Wildman–Crippen MR) is 96.4 cm³/mol. The Labute approximate surface area is 152 Å². The van der Waals surface area contributed by atoms with E-state index in [-0.39, 0.29) is 12.1 Å². The highest BCUT2D eigenvalue weighted by Crippen LogP contribution is 2.18. The number of carbonyl (C=O) groups is 1. The maximum Gasteiger partial charge on any atom is 0.318 e. The molecule has 25 heavy (non-hydrogen) atoms. The number of hydrogen-bond donors (Lipinski definition) is 1. The molecule has 0 aliphatic rings. The van der Waals surface area contributed by atoms with Crippen molar-refractivity contribution < 1.29 is 9.53 Å². The number of nitrogens with one attached hydrogen (secondary N) is 1. The molecule has 1 aromatic heterocycles. The minimum absolute atomic E-state index is 0.199. The number of urea groups is 1. The molecule has 0 aliphatic carbocycles. The van der Waals surface area contributed by atoms with Gasteiger partial charge in [0.05, 0.1) is 12.6 Å². The largest absolute Gasteiger partial charge is 0.383 e. The van der Waals surface area contributed by atoms with Crippen LogP contribution in [0.1, 0.15) is 31.3 Å². The summed E-state index contributed by atoms with van der Waals surface area (Å²) < 4.78 is 7.02. The molecule has 0 unspecified atom stereocenters. The minimum Gasteiger partial charge on any atom is -0.383 e. The molecule has 2 aromatic rings. The van der Waals surface area contributed by atoms with Crippen molar-refractivity contribution in [3.05, 3.63) is 47.0 Å². The molecule has 1 atom stereocenters. The lowest BCUT2D eigenvalue weighted by Crippen LogP contribution is -2.42. The normalized spacial score (nSPS) is 12.0. The molecule has 0 fully saturated rings. The van der Waals surface area contributed by atoms with Crippen LogP contribution in [0.2, 0.25) is 5.02 Å². The molecule has 1 heterocycles. The summed E-state index contributed by atoms with van der Waals surface area (Å²) in [5, 5.41) is 11.6. The molecule has 0 aliphatic heterocycles. The average molecular weight is 366 g/mol. The fourth-order valence-corrected chi connectivity index (χ4v) is 2.67. The van der Waals surface area contributed by atoms with Crippen LogP contribution in [-0.2, 0) is 17.8 Å². The van der Waals surface area contributed by atoms with Gasteiger partial charge in [-0.2, -0.15) is 0 Å². The van der Waals surface area contributed by atoms with E-state index in [4.69, 9.17) is 16.3 Å². The number of benzene rings is 1. The first-order chi connectivity index (χ1) is 12.1. The van der Waals surface area contributed by atoms with Crippen LogP contribution >= 0.6 is 11.6 Å². The Morgan fingerprint density at radius 1 is 1.44 bits per heavy atom. The molecule has 1 N–H and O–H groups in total. The Morgan fingerprint density at radius 2 is 2.20 bits per heavy atom. The third kappa shape index (κ3) is 5.17. The van der Waals surface area contributed by atoms with Crippen molar-refractivity contribution in [1.82, 2.24) is 25.0 Å². The number of hydrogen-bond acceptors (Lipinski definition) is 4. The van der Waals surface area contributed by atoms with Crippen molar-refractivity contribution >= 4 is 17.6 Å². The Balaban J connectivity index is 2.08. The zero-order valence-electron chi connectivity index (χ0n) is 14.8. The fraction of sp³-hybridized carbons (Fsp3) is 0.471. The van der Waals surface area contributed by atoms with E-state index in [0.717, 1.165) is 17.9 Å². The number of aromatic nitrogens is 3. The number of rotatable bonds is 8. The van der Waals surface area contributed by atoms with Gasteiger partial charge >= 0.3 is 6.03 Å². The van der Waals surface area contributed by atoms with Gasteiger partial charge in [-0.15, -0.1) is 10.2 Å². The molecule has 8 heteroatoms. The van der Waals surface area contributed by atoms with Crippen molar-refractivity contribution in [2.75, 3.05) is 20.3 Å². The molecular weight excluding hydrogens is 342 g/mol. The SMILES string of the molecule is CCn1cnnc1[C@H](C)NC(=O)N(CCOC)Cc1ccccc1Cl. The predicted octanol–water partition coefficient (Wildman–Crippen LogP) is 2.87. The van der Waals surface area contributed by atoms with Crippen LogP contribution in [0.5, 0.6) is 0 Å². The van der Waals surface area contributed by atoms with E-state index in [1.165, 1.54) is 0 Å². The highest BCUT2D eigenvalue weighted by atomic mass is 35.5. The lowest BCUT2D eigenvalue weighted by molar-refractivity contribution is 0.144. The molecule has 0 spiro atoms. The summed E-state index contributed by atoms with van der Waals surface area (Å²) in [6, 6.07) is 7.04. The first-order valence-electron chi connectivity index (χ1n) is 8.22. The van der Waals surface area contributed by atoms with E-state index in [1.54, 1.807) is 18.3 Å². The standard InChI is InChI=1S/C17H24ClN5O2/c1-4-22-12-19-21-16(22)13(2)20-17(24)23(9-10-25-3)11-14-7-5-6-8-15(14)18/h5-8,12-13H,4,9-11H2,1-3H3,(H,20,24)/t13-/m0/s1. The maximum absolute atomic E-state index is 12.7. The van der Waals surface area contributed by atoms with Crippen molar-refractivity contribution in [1.29, 1.82) is 0 Å². The summed E-state index contributed by atoms with van der Waals surface area (Å²) in [5.41, 5.74) is 0.889. The lowest BCUT2D eigenvalue weighted by atomic mass is 10.2. The van der Waals surface area contributed by atoms with Crippen LogP contribution < -0.4 is 5.32 Å². The number of nitrogens with zero attached hydrogens (tertiary/aromatic N) is 4. The van der Waals surface area contributed by atoms with Gasteiger partial charge in [0, 0.05) is 31.8 Å². The lowest BCUT2D eigenvalue weighted by Gasteiger charge is -2.25. The van der Waals surface area contributed by atoms with Gasteiger partial charge in [0.15, 0.2) is 5.82 Å². The molecule has 2 amide bonds. The second-order valence-corrected chi connectivity index (χ2v) is 6.06. The van der Waals surface area contributed by atoms with Gasteiger partial charge < -0.3 is 19.5 Å². The Hall–Kier alpha value is -2.12. The number of carbonyl (C=O) groups excluding carboxylic acids is 1. The van der Waals surface area contributed by atoms with Crippen LogP contribution in [0.15, 0.2) is 30.6 Å². The van der Waals surface area contributed by atoms with Gasteiger partial charge in [0.2, 0.25) is 0 Å². The Morgan fingerprint density at radius 3 is 2.88 bits per heavy atom. The van der Waals surface area contributed by atoms with Gasteiger partial charge in [0.25, 0.3) is 0 Å². The van der Waals surface area contributed by atoms with Gasteiger partial charge in [-0.05, 0) is 25.5 Å². The first-order valence-corrected chi connectivity index (χ1v) is 8.60. The summed E-state index contributed by atoms with van der Waals surface area (Å²) in [7, 11) is 1.61. The molecule has 0 saturated heterocycles. The van der Waals surface area contributed by atoms with Crippen LogP contribution in [0.4, 0.5) is 4.79 Å². The van der Waals surface area contributed by atoms with Crippen LogP contribution in [0.25, 0.3) is 0 Å². The van der Waals surface area contributed by atoms with E-state index in [2.05, 4.69) is 15.5 Å². The number of aryl methyl sites for hydroxylation is 1. The quantitative estimate of drug-likeness (QED) is 0.780. The summed E-state index contributed by atoms with van der Waals surface area (Å²) in [6.07, 6.45) is 1.66. The monoisotopic (exact) mass is 365 g/mol. The van der Waals surface area contributed by atoms with Crippen LogP contribution in [0.3, 0.4) is 0 Å². The zero-order chi connectivity index (χ0) is 18.2. The Bertz CT molecular complexity index is 691. The molecule has 0 saturated carbocycles. The molecule has 136 valence electrons. The van der Waals surface area contributed by atoms with Gasteiger partial charge in [-0.25, -0.2) is 4.79 Å². The third-order valence-corrected chi connectivity index (χ3v) is 4.25. The molecule has 0 radical (unpaired) electrons. The van der Waals surface area contributed by atoms with E-state index >= 15 is 0 Å². The average Bonchev–Trinajstić information content (AvgIpc) is 3.08. The third-order valence-electron chi connectivity index (χ3n) is 3.89. The summed E-state index contributed by atoms with van der Waals surface area (Å²) >= 11 is 6.22. The van der Waals surface area contributed by atoms with Crippen molar-refractivity contribution in [2.24, 2.45) is 0 Å². The zero-order valence-corrected chi connectivity index (χ0v) is 15.5. The molecule has 1 aromatic carbocycles. The van der Waals surface area contributed by atoms with E-state index < -0.39 is 0 Å². The van der Waals surface area contributed by atoms with Crippen molar-refractivity contribution in [3.8, 4) is 0 Å². The minimum atomic E-state index is -0.258. The van der Waals surface area contributed by atoms with Gasteiger partial charge in [-0.3, -0.25) is 0 Å². The van der Waals surface area contributed by atoms with E-state index in [1.807, 2.05) is 42.7 Å². The highest BCUT2D eigenvalue weighted by molar-refractivity contribution is 6.31. The summed E-state index contributed by atoms with van der Waals surface area (Å²) in [6.45, 7) is 5.94. The second kappa shape index (κ2) is 9.39. The molecule has 7 nitrogen and oxygen atoms in total. The molecular formula is C17H24ClN5O2.